The lowest BCUT2D eigenvalue weighted by molar-refractivity contribution is -0.118. The van der Waals surface area contributed by atoms with Crippen LogP contribution in [0.5, 0.6) is 5.75 Å². The number of anilines is 1. The third kappa shape index (κ3) is 3.25. The maximum Gasteiger partial charge on any atom is 0.336 e. The fraction of sp³-hybridized carbons (Fsp3) is 0.0500. The number of carbonyl (C=O) groups excluding carboxylic acids is 1. The molecule has 4 rings (SSSR count). The highest BCUT2D eigenvalue weighted by molar-refractivity contribution is 6.00. The van der Waals surface area contributed by atoms with Gasteiger partial charge in [-0.2, -0.15) is 0 Å². The molecule has 2 aromatic heterocycles. The molecule has 0 aliphatic heterocycles. The Morgan fingerprint density at radius 1 is 1.04 bits per heavy atom. The molecule has 128 valence electrons. The maximum atomic E-state index is 12.2. The highest BCUT2D eigenvalue weighted by atomic mass is 16.5. The highest BCUT2D eigenvalue weighted by Gasteiger charge is 2.08. The highest BCUT2D eigenvalue weighted by Crippen LogP contribution is 2.21. The molecule has 0 atom stereocenters. The molecule has 6 heteroatoms. The summed E-state index contributed by atoms with van der Waals surface area (Å²) < 4.78 is 10.6. The van der Waals surface area contributed by atoms with Crippen LogP contribution in [0.1, 0.15) is 0 Å². The first-order chi connectivity index (χ1) is 12.7. The number of carbonyl (C=O) groups is 1. The lowest BCUT2D eigenvalue weighted by Gasteiger charge is -2.09. The van der Waals surface area contributed by atoms with Crippen LogP contribution in [-0.4, -0.2) is 17.5 Å². The minimum Gasteiger partial charge on any atom is -0.484 e. The lowest BCUT2D eigenvalue weighted by Crippen LogP contribution is -2.20. The molecule has 0 unspecified atom stereocenters. The molecule has 0 aliphatic carbocycles. The number of hydrogen-bond acceptors (Lipinski definition) is 5. The summed E-state index contributed by atoms with van der Waals surface area (Å²) >= 11 is 0. The van der Waals surface area contributed by atoms with Crippen molar-refractivity contribution in [2.45, 2.75) is 0 Å². The minimum atomic E-state index is -0.434. The Balaban J connectivity index is 1.47. The van der Waals surface area contributed by atoms with Gasteiger partial charge in [-0.05, 0) is 30.3 Å². The SMILES string of the molecule is O=C(COc1ccc2ccc(=O)oc2c1)Nc1cccc2cccnc12. The Bertz CT molecular complexity index is 1160. The van der Waals surface area contributed by atoms with E-state index in [0.29, 0.717) is 17.0 Å². The predicted molar refractivity (Wildman–Crippen MR) is 98.4 cm³/mol. The molecule has 2 aromatic carbocycles. The molecule has 6 nitrogen and oxygen atoms in total. The average Bonchev–Trinajstić information content (AvgIpc) is 2.66. The van der Waals surface area contributed by atoms with Crippen LogP contribution in [0.3, 0.4) is 0 Å². The largest absolute Gasteiger partial charge is 0.484 e. The van der Waals surface area contributed by atoms with Gasteiger partial charge in [-0.1, -0.05) is 18.2 Å². The van der Waals surface area contributed by atoms with Crippen LogP contribution in [-0.2, 0) is 4.79 Å². The smallest absolute Gasteiger partial charge is 0.336 e. The van der Waals surface area contributed by atoms with Crippen molar-refractivity contribution in [2.75, 3.05) is 11.9 Å². The molecule has 4 aromatic rings. The fourth-order valence-electron chi connectivity index (χ4n) is 2.67. The summed E-state index contributed by atoms with van der Waals surface area (Å²) in [5, 5.41) is 4.52. The second kappa shape index (κ2) is 6.68. The Hall–Kier alpha value is -3.67. The third-order valence-corrected chi connectivity index (χ3v) is 3.87. The molecular weight excluding hydrogens is 332 g/mol. The molecule has 0 fully saturated rings. The van der Waals surface area contributed by atoms with Crippen LogP contribution in [0.2, 0.25) is 0 Å². The van der Waals surface area contributed by atoms with Crippen molar-refractivity contribution in [3.05, 3.63) is 77.3 Å². The molecule has 0 radical (unpaired) electrons. The Labute approximate surface area is 148 Å². The number of benzene rings is 2. The Kier molecular flexibility index (Phi) is 4.07. The molecule has 0 bridgehead atoms. The second-order valence-electron chi connectivity index (χ2n) is 5.67. The molecule has 1 N–H and O–H groups in total. The van der Waals surface area contributed by atoms with Crippen LogP contribution in [0.15, 0.2) is 76.1 Å². The molecule has 26 heavy (non-hydrogen) atoms. The van der Waals surface area contributed by atoms with E-state index in [1.165, 1.54) is 6.07 Å². The van der Waals surface area contributed by atoms with Crippen molar-refractivity contribution in [2.24, 2.45) is 0 Å². The molecule has 1 amide bonds. The van der Waals surface area contributed by atoms with Gasteiger partial charge in [0.1, 0.15) is 11.3 Å². The number of aromatic nitrogens is 1. The van der Waals surface area contributed by atoms with Crippen molar-refractivity contribution in [3.8, 4) is 5.75 Å². The first kappa shape index (κ1) is 15.8. The normalized spacial score (nSPS) is 10.8. The first-order valence-corrected chi connectivity index (χ1v) is 7.99. The molecular formula is C20H14N2O4. The standard InChI is InChI=1S/C20H14N2O4/c23-18(22-16-5-1-3-14-4-2-10-21-20(14)16)12-25-15-8-6-13-7-9-19(24)26-17(13)11-15/h1-11H,12H2,(H,22,23). The number of fused-ring (bicyclic) bond motifs is 2. The van der Waals surface area contributed by atoms with Crippen molar-refractivity contribution >= 4 is 33.5 Å². The molecule has 0 saturated carbocycles. The van der Waals surface area contributed by atoms with E-state index >= 15 is 0 Å². The zero-order valence-corrected chi connectivity index (χ0v) is 13.6. The van der Waals surface area contributed by atoms with Gasteiger partial charge < -0.3 is 14.5 Å². The molecule has 0 spiro atoms. The predicted octanol–water partition coefficient (Wildman–Crippen LogP) is 3.36. The summed E-state index contributed by atoms with van der Waals surface area (Å²) in [7, 11) is 0. The topological polar surface area (TPSA) is 81.4 Å². The van der Waals surface area contributed by atoms with E-state index < -0.39 is 5.63 Å². The monoisotopic (exact) mass is 346 g/mol. The van der Waals surface area contributed by atoms with Gasteiger partial charge in [0.25, 0.3) is 5.91 Å². The molecule has 0 saturated heterocycles. The van der Waals surface area contributed by atoms with Gasteiger partial charge in [-0.25, -0.2) is 4.79 Å². The van der Waals surface area contributed by atoms with Gasteiger partial charge >= 0.3 is 5.63 Å². The molecule has 0 aliphatic rings. The summed E-state index contributed by atoms with van der Waals surface area (Å²) in [6.45, 7) is -0.175. The van der Waals surface area contributed by atoms with Crippen LogP contribution >= 0.6 is 0 Å². The summed E-state index contributed by atoms with van der Waals surface area (Å²) in [6.07, 6.45) is 1.68. The number of nitrogens with zero attached hydrogens (tertiary/aromatic N) is 1. The van der Waals surface area contributed by atoms with Crippen molar-refractivity contribution in [3.63, 3.8) is 0 Å². The Morgan fingerprint density at radius 2 is 1.88 bits per heavy atom. The summed E-state index contributed by atoms with van der Waals surface area (Å²) in [6, 6.07) is 17.4. The van der Waals surface area contributed by atoms with E-state index in [0.717, 1.165) is 16.3 Å². The van der Waals surface area contributed by atoms with Crippen LogP contribution < -0.4 is 15.7 Å². The van der Waals surface area contributed by atoms with E-state index in [-0.39, 0.29) is 12.5 Å². The third-order valence-electron chi connectivity index (χ3n) is 3.87. The van der Waals surface area contributed by atoms with Crippen molar-refractivity contribution in [1.29, 1.82) is 0 Å². The first-order valence-electron chi connectivity index (χ1n) is 7.99. The summed E-state index contributed by atoms with van der Waals surface area (Å²) in [5.74, 6) is 0.135. The van der Waals surface area contributed by atoms with Crippen molar-refractivity contribution in [1.82, 2.24) is 4.98 Å². The summed E-state index contributed by atoms with van der Waals surface area (Å²) in [5.41, 5.74) is 1.32. The number of amides is 1. The van der Waals surface area contributed by atoms with Gasteiger partial charge in [0.05, 0.1) is 11.2 Å². The van der Waals surface area contributed by atoms with E-state index in [4.69, 9.17) is 9.15 Å². The number of ether oxygens (including phenoxy) is 1. The van der Waals surface area contributed by atoms with Gasteiger partial charge in [-0.15, -0.1) is 0 Å². The van der Waals surface area contributed by atoms with Crippen LogP contribution in [0, 0.1) is 0 Å². The van der Waals surface area contributed by atoms with E-state index in [2.05, 4.69) is 10.3 Å². The minimum absolute atomic E-state index is 0.175. The van der Waals surface area contributed by atoms with E-state index in [1.54, 1.807) is 36.5 Å². The zero-order valence-electron chi connectivity index (χ0n) is 13.6. The van der Waals surface area contributed by atoms with Gasteiger partial charge in [0, 0.05) is 29.1 Å². The fourth-order valence-corrected chi connectivity index (χ4v) is 2.67. The number of nitrogens with one attached hydrogen (secondary N) is 1. The van der Waals surface area contributed by atoms with Gasteiger partial charge in [0.15, 0.2) is 6.61 Å². The number of rotatable bonds is 4. The Morgan fingerprint density at radius 3 is 2.81 bits per heavy atom. The van der Waals surface area contributed by atoms with Crippen LogP contribution in [0.25, 0.3) is 21.9 Å². The van der Waals surface area contributed by atoms with E-state index in [9.17, 15) is 9.59 Å². The molecule has 2 heterocycles. The zero-order chi connectivity index (χ0) is 17.9. The number of pyridine rings is 1. The lowest BCUT2D eigenvalue weighted by atomic mass is 10.2. The van der Waals surface area contributed by atoms with Gasteiger partial charge in [-0.3, -0.25) is 9.78 Å². The van der Waals surface area contributed by atoms with Crippen LogP contribution in [0.4, 0.5) is 5.69 Å². The number of para-hydroxylation sites is 1. The van der Waals surface area contributed by atoms with Crippen molar-refractivity contribution < 1.29 is 13.9 Å². The number of hydrogen-bond donors (Lipinski definition) is 1. The maximum absolute atomic E-state index is 12.2. The summed E-state index contributed by atoms with van der Waals surface area (Å²) in [4.78, 5) is 27.8. The quantitative estimate of drug-likeness (QED) is 0.573. The van der Waals surface area contributed by atoms with Gasteiger partial charge in [0.2, 0.25) is 0 Å². The second-order valence-corrected chi connectivity index (χ2v) is 5.67. The average molecular weight is 346 g/mol. The van der Waals surface area contributed by atoms with E-state index in [1.807, 2.05) is 24.3 Å².